The van der Waals surface area contributed by atoms with E-state index >= 15 is 0 Å². The first kappa shape index (κ1) is 16.5. The molecule has 0 fully saturated rings. The number of carbonyl (C=O) groups excluding carboxylic acids is 1. The van der Waals surface area contributed by atoms with Gasteiger partial charge in [0.2, 0.25) is 0 Å². The second kappa shape index (κ2) is 6.65. The van der Waals surface area contributed by atoms with Gasteiger partial charge in [0.25, 0.3) is 0 Å². The summed E-state index contributed by atoms with van der Waals surface area (Å²) in [5.74, 6) is 0.918. The van der Waals surface area contributed by atoms with Crippen molar-refractivity contribution < 1.29 is 4.79 Å². The highest BCUT2D eigenvalue weighted by atomic mass is 32.2. The van der Waals surface area contributed by atoms with Crippen LogP contribution in [0.3, 0.4) is 0 Å². The van der Waals surface area contributed by atoms with Crippen LogP contribution in [0.2, 0.25) is 0 Å². The lowest BCUT2D eigenvalue weighted by atomic mass is 10.1. The summed E-state index contributed by atoms with van der Waals surface area (Å²) in [5.41, 5.74) is 2.65. The van der Waals surface area contributed by atoms with Gasteiger partial charge in [0, 0.05) is 28.7 Å². The number of Topliss-reactive ketones (excluding diaryl/α,β-unsaturated/α-hetero) is 1. The largest absolute Gasteiger partial charge is 0.358 e. The van der Waals surface area contributed by atoms with E-state index in [1.54, 1.807) is 6.08 Å². The Balaban J connectivity index is 1.90. The van der Waals surface area contributed by atoms with Crippen molar-refractivity contribution in [3.63, 3.8) is 0 Å². The highest BCUT2D eigenvalue weighted by molar-refractivity contribution is 8.00. The molecule has 0 saturated heterocycles. The molecule has 2 aromatic heterocycles. The number of aryl methyl sites for hydroxylation is 2. The maximum Gasteiger partial charge on any atom is 0.192 e. The van der Waals surface area contributed by atoms with Crippen molar-refractivity contribution in [3.8, 4) is 0 Å². The molecule has 1 N–H and O–H groups in total. The van der Waals surface area contributed by atoms with Crippen LogP contribution in [0.15, 0.2) is 42.1 Å². The molecule has 0 spiro atoms. The topological polar surface area (TPSA) is 63.6 Å². The molecule has 5 nitrogen and oxygen atoms in total. The number of rotatable bonds is 6. The molecular formula is C18H20N4OS. The number of para-hydroxylation sites is 1. The van der Waals surface area contributed by atoms with Gasteiger partial charge in [-0.15, -0.1) is 16.8 Å². The summed E-state index contributed by atoms with van der Waals surface area (Å²) in [6.07, 6.45) is 1.80. The van der Waals surface area contributed by atoms with Crippen molar-refractivity contribution in [2.45, 2.75) is 37.7 Å². The third-order valence-electron chi connectivity index (χ3n) is 4.00. The van der Waals surface area contributed by atoms with Crippen LogP contribution in [-0.2, 0) is 6.54 Å². The Morgan fingerprint density at radius 3 is 2.88 bits per heavy atom. The second-order valence-electron chi connectivity index (χ2n) is 5.72. The minimum absolute atomic E-state index is 0.0979. The van der Waals surface area contributed by atoms with Crippen LogP contribution in [0.1, 0.15) is 28.8 Å². The van der Waals surface area contributed by atoms with Gasteiger partial charge in [0.15, 0.2) is 10.9 Å². The molecule has 0 radical (unpaired) electrons. The number of fused-ring (bicyclic) bond motifs is 1. The molecule has 1 unspecified atom stereocenters. The Morgan fingerprint density at radius 1 is 1.38 bits per heavy atom. The average molecular weight is 340 g/mol. The lowest BCUT2D eigenvalue weighted by Crippen LogP contribution is -2.15. The minimum Gasteiger partial charge on any atom is -0.358 e. The number of ketones is 1. The summed E-state index contributed by atoms with van der Waals surface area (Å²) in [6.45, 7) is 10.1. The number of nitrogens with one attached hydrogen (secondary N) is 1. The van der Waals surface area contributed by atoms with Gasteiger partial charge in [-0.2, -0.15) is 0 Å². The van der Waals surface area contributed by atoms with Gasteiger partial charge in [0.05, 0.1) is 5.25 Å². The fraction of sp³-hybridized carbons (Fsp3) is 0.278. The maximum absolute atomic E-state index is 13.0. The molecule has 24 heavy (non-hydrogen) atoms. The number of thioether (sulfide) groups is 1. The number of nitrogens with zero attached hydrogens (tertiary/aromatic N) is 3. The Kier molecular flexibility index (Phi) is 4.57. The summed E-state index contributed by atoms with van der Waals surface area (Å²) in [6, 6.07) is 7.88. The van der Waals surface area contributed by atoms with Gasteiger partial charge in [-0.05, 0) is 26.8 Å². The summed E-state index contributed by atoms with van der Waals surface area (Å²) in [7, 11) is 0. The van der Waals surface area contributed by atoms with Crippen LogP contribution in [0.4, 0.5) is 0 Å². The highest BCUT2D eigenvalue weighted by Crippen LogP contribution is 2.29. The van der Waals surface area contributed by atoms with Gasteiger partial charge in [-0.3, -0.25) is 4.79 Å². The van der Waals surface area contributed by atoms with Gasteiger partial charge >= 0.3 is 0 Å². The number of aromatic amines is 1. The fourth-order valence-corrected chi connectivity index (χ4v) is 3.76. The van der Waals surface area contributed by atoms with Crippen LogP contribution in [-0.4, -0.2) is 30.8 Å². The predicted molar refractivity (Wildman–Crippen MR) is 97.6 cm³/mol. The van der Waals surface area contributed by atoms with E-state index in [1.165, 1.54) is 11.8 Å². The summed E-state index contributed by atoms with van der Waals surface area (Å²) < 4.78 is 1.96. The molecule has 0 saturated carbocycles. The number of aromatic nitrogens is 4. The van der Waals surface area contributed by atoms with Crippen LogP contribution in [0, 0.1) is 13.8 Å². The molecule has 0 aliphatic carbocycles. The zero-order chi connectivity index (χ0) is 17.3. The normalized spacial score (nSPS) is 12.5. The maximum atomic E-state index is 13.0. The zero-order valence-corrected chi connectivity index (χ0v) is 14.9. The molecule has 2 heterocycles. The lowest BCUT2D eigenvalue weighted by Gasteiger charge is -2.11. The van der Waals surface area contributed by atoms with E-state index in [-0.39, 0.29) is 11.0 Å². The quantitative estimate of drug-likeness (QED) is 0.419. The standard InChI is InChI=1S/C18H20N4OS/c1-5-10-22-13(4)20-21-18(22)24-12(3)17(23)16-11(2)19-15-9-7-6-8-14(15)16/h5-9,12,19H,1,10H2,2-4H3. The number of hydrogen-bond donors (Lipinski definition) is 1. The average Bonchev–Trinajstić information content (AvgIpc) is 3.07. The van der Waals surface area contributed by atoms with E-state index in [0.29, 0.717) is 6.54 Å². The van der Waals surface area contributed by atoms with Gasteiger partial charge in [-0.25, -0.2) is 0 Å². The second-order valence-corrected chi connectivity index (χ2v) is 7.03. The Labute approximate surface area is 145 Å². The van der Waals surface area contributed by atoms with Crippen LogP contribution >= 0.6 is 11.8 Å². The first-order valence-electron chi connectivity index (χ1n) is 7.81. The summed E-state index contributed by atoms with van der Waals surface area (Å²) in [5, 5.41) is 9.75. The molecular weight excluding hydrogens is 320 g/mol. The Bertz CT molecular complexity index is 909. The SMILES string of the molecule is C=CCn1c(C)nnc1SC(C)C(=O)c1c(C)[nH]c2ccccc12. The molecule has 3 aromatic rings. The van der Waals surface area contributed by atoms with Crippen molar-refractivity contribution in [1.82, 2.24) is 19.7 Å². The molecule has 1 atom stereocenters. The number of hydrogen-bond acceptors (Lipinski definition) is 4. The van der Waals surface area contributed by atoms with Crippen molar-refractivity contribution >= 4 is 28.4 Å². The van der Waals surface area contributed by atoms with Crippen molar-refractivity contribution in [3.05, 3.63) is 54.0 Å². The van der Waals surface area contributed by atoms with E-state index in [9.17, 15) is 4.79 Å². The summed E-state index contributed by atoms with van der Waals surface area (Å²) >= 11 is 1.43. The fourth-order valence-electron chi connectivity index (χ4n) is 2.80. The number of benzene rings is 1. The van der Waals surface area contributed by atoms with Crippen LogP contribution < -0.4 is 0 Å². The highest BCUT2D eigenvalue weighted by Gasteiger charge is 2.24. The molecule has 6 heteroatoms. The van der Waals surface area contributed by atoms with E-state index in [2.05, 4.69) is 21.8 Å². The first-order chi connectivity index (χ1) is 11.5. The lowest BCUT2D eigenvalue weighted by molar-refractivity contribution is 0.0995. The molecule has 0 aliphatic rings. The van der Waals surface area contributed by atoms with Crippen LogP contribution in [0.5, 0.6) is 0 Å². The van der Waals surface area contributed by atoms with Crippen molar-refractivity contribution in [1.29, 1.82) is 0 Å². The number of allylic oxidation sites excluding steroid dienone is 1. The van der Waals surface area contributed by atoms with Crippen molar-refractivity contribution in [2.24, 2.45) is 0 Å². The molecule has 1 aromatic carbocycles. The van der Waals surface area contributed by atoms with E-state index < -0.39 is 0 Å². The molecule has 0 bridgehead atoms. The van der Waals surface area contributed by atoms with Gasteiger partial charge in [0.1, 0.15) is 5.82 Å². The first-order valence-corrected chi connectivity index (χ1v) is 8.69. The third kappa shape index (κ3) is 2.89. The smallest absolute Gasteiger partial charge is 0.192 e. The molecule has 0 aliphatic heterocycles. The third-order valence-corrected chi connectivity index (χ3v) is 5.09. The predicted octanol–water partition coefficient (Wildman–Crippen LogP) is 3.93. The van der Waals surface area contributed by atoms with Crippen LogP contribution in [0.25, 0.3) is 10.9 Å². The van der Waals surface area contributed by atoms with Gasteiger partial charge < -0.3 is 9.55 Å². The van der Waals surface area contributed by atoms with Crippen molar-refractivity contribution in [2.75, 3.05) is 0 Å². The molecule has 0 amide bonds. The number of H-pyrrole nitrogens is 1. The Hall–Kier alpha value is -2.34. The Morgan fingerprint density at radius 2 is 2.12 bits per heavy atom. The van der Waals surface area contributed by atoms with E-state index in [0.717, 1.165) is 33.1 Å². The van der Waals surface area contributed by atoms with Gasteiger partial charge in [-0.1, -0.05) is 36.0 Å². The van der Waals surface area contributed by atoms with E-state index in [1.807, 2.05) is 49.6 Å². The minimum atomic E-state index is -0.255. The summed E-state index contributed by atoms with van der Waals surface area (Å²) in [4.78, 5) is 16.3. The molecule has 3 rings (SSSR count). The van der Waals surface area contributed by atoms with E-state index in [4.69, 9.17) is 0 Å². The zero-order valence-electron chi connectivity index (χ0n) is 14.0. The molecule has 124 valence electrons. The number of carbonyl (C=O) groups is 1. The monoisotopic (exact) mass is 340 g/mol.